The van der Waals surface area contributed by atoms with Crippen LogP contribution in [0.1, 0.15) is 5.82 Å². The number of imidazole rings is 1. The summed E-state index contributed by atoms with van der Waals surface area (Å²) in [5, 5.41) is -0.110. The fourth-order valence-corrected chi connectivity index (χ4v) is 2.51. The zero-order valence-corrected chi connectivity index (χ0v) is 11.9. The first kappa shape index (κ1) is 14.2. The van der Waals surface area contributed by atoms with E-state index in [9.17, 15) is 13.2 Å². The maximum atomic E-state index is 13.5. The molecular formula is C14H7Cl2F3N2. The standard InChI is InChI=1S/C14H7Cl2F3N2/c15-6-14-20-12-5-11(19)10(16)4-13(12)21(14)9-2-7(17)1-8(18)3-9/h1-5H,6H2. The summed E-state index contributed by atoms with van der Waals surface area (Å²) in [5.41, 5.74) is 0.924. The van der Waals surface area contributed by atoms with E-state index in [0.29, 0.717) is 16.9 Å². The zero-order chi connectivity index (χ0) is 15.1. The molecule has 3 rings (SSSR count). The molecule has 0 unspecified atom stereocenters. The largest absolute Gasteiger partial charge is 0.295 e. The molecule has 0 spiro atoms. The summed E-state index contributed by atoms with van der Waals surface area (Å²) in [6, 6.07) is 5.53. The number of alkyl halides is 1. The molecule has 2 aromatic carbocycles. The molecule has 3 aromatic rings. The van der Waals surface area contributed by atoms with E-state index >= 15 is 0 Å². The van der Waals surface area contributed by atoms with Crippen molar-refractivity contribution in [3.63, 3.8) is 0 Å². The van der Waals surface area contributed by atoms with Gasteiger partial charge in [0.1, 0.15) is 23.3 Å². The second kappa shape index (κ2) is 5.24. The molecular weight excluding hydrogens is 324 g/mol. The topological polar surface area (TPSA) is 17.8 Å². The van der Waals surface area contributed by atoms with Gasteiger partial charge in [0.2, 0.25) is 0 Å². The molecule has 0 atom stereocenters. The number of halogens is 5. The molecule has 1 heterocycles. The molecule has 0 aliphatic carbocycles. The fourth-order valence-electron chi connectivity index (χ4n) is 2.17. The van der Waals surface area contributed by atoms with Crippen molar-refractivity contribution in [2.75, 3.05) is 0 Å². The van der Waals surface area contributed by atoms with Gasteiger partial charge in [-0.3, -0.25) is 4.57 Å². The van der Waals surface area contributed by atoms with Gasteiger partial charge in [0.05, 0.1) is 27.6 Å². The molecule has 0 saturated carbocycles. The van der Waals surface area contributed by atoms with E-state index in [-0.39, 0.29) is 16.6 Å². The maximum Gasteiger partial charge on any atom is 0.144 e. The van der Waals surface area contributed by atoms with Gasteiger partial charge in [0, 0.05) is 12.1 Å². The van der Waals surface area contributed by atoms with E-state index in [1.807, 2.05) is 0 Å². The van der Waals surface area contributed by atoms with Crippen LogP contribution in [0.4, 0.5) is 13.2 Å². The smallest absolute Gasteiger partial charge is 0.144 e. The molecule has 0 aliphatic rings. The molecule has 0 amide bonds. The lowest BCUT2D eigenvalue weighted by Crippen LogP contribution is -2.00. The lowest BCUT2D eigenvalue weighted by Gasteiger charge is -2.08. The quantitative estimate of drug-likeness (QED) is 0.615. The minimum Gasteiger partial charge on any atom is -0.295 e. The van der Waals surface area contributed by atoms with Crippen LogP contribution in [0.3, 0.4) is 0 Å². The van der Waals surface area contributed by atoms with Crippen molar-refractivity contribution in [2.45, 2.75) is 5.88 Å². The molecule has 7 heteroatoms. The van der Waals surface area contributed by atoms with E-state index in [2.05, 4.69) is 4.98 Å². The van der Waals surface area contributed by atoms with E-state index in [0.717, 1.165) is 24.3 Å². The van der Waals surface area contributed by atoms with Gasteiger partial charge < -0.3 is 0 Å². The lowest BCUT2D eigenvalue weighted by atomic mass is 10.2. The van der Waals surface area contributed by atoms with Crippen LogP contribution >= 0.6 is 23.2 Å². The Morgan fingerprint density at radius 2 is 1.67 bits per heavy atom. The Morgan fingerprint density at radius 3 is 2.29 bits per heavy atom. The molecule has 0 N–H and O–H groups in total. The summed E-state index contributed by atoms with van der Waals surface area (Å²) < 4.78 is 41.7. The number of hydrogen-bond donors (Lipinski definition) is 0. The molecule has 108 valence electrons. The minimum absolute atomic E-state index is 0.00789. The lowest BCUT2D eigenvalue weighted by molar-refractivity contribution is 0.581. The Hall–Kier alpha value is -1.72. The van der Waals surface area contributed by atoms with Gasteiger partial charge in [-0.25, -0.2) is 18.2 Å². The SMILES string of the molecule is Fc1cc(F)cc(-n2c(CCl)nc3cc(F)c(Cl)cc32)c1. The number of fused-ring (bicyclic) bond motifs is 1. The molecule has 0 bridgehead atoms. The number of benzene rings is 2. The van der Waals surface area contributed by atoms with Gasteiger partial charge in [-0.2, -0.15) is 0 Å². The normalized spacial score (nSPS) is 11.3. The second-order valence-corrected chi connectivity index (χ2v) is 5.05. The average Bonchev–Trinajstić information content (AvgIpc) is 2.75. The van der Waals surface area contributed by atoms with Crippen LogP contribution in [0.25, 0.3) is 16.7 Å². The molecule has 0 saturated heterocycles. The fraction of sp³-hybridized carbons (Fsp3) is 0.0714. The van der Waals surface area contributed by atoms with Crippen LogP contribution in [-0.2, 0) is 5.88 Å². The van der Waals surface area contributed by atoms with Crippen molar-refractivity contribution in [2.24, 2.45) is 0 Å². The third kappa shape index (κ3) is 2.47. The highest BCUT2D eigenvalue weighted by Gasteiger charge is 2.15. The van der Waals surface area contributed by atoms with Gasteiger partial charge in [0.25, 0.3) is 0 Å². The number of aromatic nitrogens is 2. The van der Waals surface area contributed by atoms with Gasteiger partial charge >= 0.3 is 0 Å². The van der Waals surface area contributed by atoms with Gasteiger partial charge in [-0.15, -0.1) is 11.6 Å². The zero-order valence-electron chi connectivity index (χ0n) is 10.4. The van der Waals surface area contributed by atoms with Crippen LogP contribution in [0.15, 0.2) is 30.3 Å². The predicted molar refractivity (Wildman–Crippen MR) is 75.5 cm³/mol. The van der Waals surface area contributed by atoms with Crippen LogP contribution in [-0.4, -0.2) is 9.55 Å². The van der Waals surface area contributed by atoms with Crippen LogP contribution < -0.4 is 0 Å². The van der Waals surface area contributed by atoms with Crippen LogP contribution in [0, 0.1) is 17.5 Å². The third-order valence-corrected chi connectivity index (χ3v) is 3.52. The van der Waals surface area contributed by atoms with Gasteiger partial charge in [-0.05, 0) is 18.2 Å². The van der Waals surface area contributed by atoms with Gasteiger partial charge in [0.15, 0.2) is 0 Å². The summed E-state index contributed by atoms with van der Waals surface area (Å²) in [6.07, 6.45) is 0. The molecule has 2 nitrogen and oxygen atoms in total. The van der Waals surface area contributed by atoms with E-state index in [4.69, 9.17) is 23.2 Å². The van der Waals surface area contributed by atoms with Crippen LogP contribution in [0.5, 0.6) is 0 Å². The number of hydrogen-bond acceptors (Lipinski definition) is 1. The molecule has 0 aliphatic heterocycles. The van der Waals surface area contributed by atoms with E-state index < -0.39 is 17.5 Å². The first-order valence-corrected chi connectivity index (χ1v) is 6.79. The Labute approximate surface area is 127 Å². The number of nitrogens with zero attached hydrogens (tertiary/aromatic N) is 2. The van der Waals surface area contributed by atoms with Crippen molar-refractivity contribution in [3.8, 4) is 5.69 Å². The summed E-state index contributed by atoms with van der Waals surface area (Å²) in [6.45, 7) is 0. The first-order valence-electron chi connectivity index (χ1n) is 5.88. The highest BCUT2D eigenvalue weighted by Crippen LogP contribution is 2.28. The Balaban J connectivity index is 2.36. The van der Waals surface area contributed by atoms with Crippen molar-refractivity contribution in [1.82, 2.24) is 9.55 Å². The summed E-state index contributed by atoms with van der Waals surface area (Å²) in [5.74, 6) is -1.77. The van der Waals surface area contributed by atoms with Crippen molar-refractivity contribution in [3.05, 3.63) is 58.6 Å². The Morgan fingerprint density at radius 1 is 1.00 bits per heavy atom. The number of rotatable bonds is 2. The summed E-state index contributed by atoms with van der Waals surface area (Å²) >= 11 is 11.6. The highest BCUT2D eigenvalue weighted by atomic mass is 35.5. The van der Waals surface area contributed by atoms with Crippen molar-refractivity contribution in [1.29, 1.82) is 0 Å². The second-order valence-electron chi connectivity index (χ2n) is 4.38. The minimum atomic E-state index is -0.736. The van der Waals surface area contributed by atoms with Gasteiger partial charge in [-0.1, -0.05) is 11.6 Å². The molecule has 21 heavy (non-hydrogen) atoms. The summed E-state index contributed by atoms with van der Waals surface area (Å²) in [4.78, 5) is 4.16. The third-order valence-electron chi connectivity index (χ3n) is 2.99. The van der Waals surface area contributed by atoms with Crippen LogP contribution in [0.2, 0.25) is 5.02 Å². The maximum absolute atomic E-state index is 13.5. The Kier molecular flexibility index (Phi) is 3.55. The summed E-state index contributed by atoms with van der Waals surface area (Å²) in [7, 11) is 0. The Bertz CT molecular complexity index is 826. The van der Waals surface area contributed by atoms with E-state index in [1.54, 1.807) is 0 Å². The van der Waals surface area contributed by atoms with Crippen molar-refractivity contribution < 1.29 is 13.2 Å². The van der Waals surface area contributed by atoms with E-state index in [1.165, 1.54) is 10.6 Å². The first-order chi connectivity index (χ1) is 9.99. The monoisotopic (exact) mass is 330 g/mol. The van der Waals surface area contributed by atoms with Crippen molar-refractivity contribution >= 4 is 34.2 Å². The molecule has 1 aromatic heterocycles. The molecule has 0 radical (unpaired) electrons. The average molecular weight is 331 g/mol. The predicted octanol–water partition coefficient (Wildman–Crippen LogP) is 4.84. The molecule has 0 fully saturated rings. The highest BCUT2D eigenvalue weighted by molar-refractivity contribution is 6.31.